The number of pyridine rings is 1. The summed E-state index contributed by atoms with van der Waals surface area (Å²) in [5, 5.41) is 0.881. The van der Waals surface area contributed by atoms with E-state index in [0.29, 0.717) is 17.7 Å². The van der Waals surface area contributed by atoms with E-state index in [-0.39, 0.29) is 4.21 Å². The van der Waals surface area contributed by atoms with Gasteiger partial charge >= 0.3 is 0 Å². The van der Waals surface area contributed by atoms with Gasteiger partial charge in [-0.3, -0.25) is 9.71 Å². The van der Waals surface area contributed by atoms with E-state index in [1.54, 1.807) is 30.5 Å². The maximum absolute atomic E-state index is 12.4. The Balaban J connectivity index is 2.01. The van der Waals surface area contributed by atoms with Crippen molar-refractivity contribution in [2.45, 2.75) is 10.8 Å². The van der Waals surface area contributed by atoms with Gasteiger partial charge < -0.3 is 5.73 Å². The summed E-state index contributed by atoms with van der Waals surface area (Å²) >= 11 is 1.17. The molecule has 21 heavy (non-hydrogen) atoms. The van der Waals surface area contributed by atoms with Crippen LogP contribution in [0.3, 0.4) is 0 Å². The highest BCUT2D eigenvalue weighted by molar-refractivity contribution is 7.94. The Hall–Kier alpha value is -1.96. The normalized spacial score (nSPS) is 11.7. The number of anilines is 1. The molecule has 0 amide bonds. The highest BCUT2D eigenvalue weighted by Gasteiger charge is 2.18. The molecule has 2 heterocycles. The summed E-state index contributed by atoms with van der Waals surface area (Å²) in [5.41, 5.74) is 6.61. The molecule has 3 N–H and O–H groups in total. The summed E-state index contributed by atoms with van der Waals surface area (Å²) in [6.45, 7) is 0.329. The molecule has 108 valence electrons. The first-order chi connectivity index (χ1) is 10.1. The average molecular weight is 319 g/mol. The minimum Gasteiger partial charge on any atom is -0.326 e. The smallest absolute Gasteiger partial charge is 0.271 e. The van der Waals surface area contributed by atoms with Crippen LogP contribution in [-0.4, -0.2) is 13.4 Å². The Labute approximate surface area is 126 Å². The molecule has 0 bridgehead atoms. The van der Waals surface area contributed by atoms with Crippen LogP contribution in [0.1, 0.15) is 4.88 Å². The van der Waals surface area contributed by atoms with E-state index in [1.165, 1.54) is 11.3 Å². The number of fused-ring (bicyclic) bond motifs is 1. The first-order valence-corrected chi connectivity index (χ1v) is 8.55. The van der Waals surface area contributed by atoms with Crippen molar-refractivity contribution in [2.24, 2.45) is 5.73 Å². The van der Waals surface area contributed by atoms with E-state index in [0.717, 1.165) is 10.3 Å². The summed E-state index contributed by atoms with van der Waals surface area (Å²) < 4.78 is 27.7. The van der Waals surface area contributed by atoms with Gasteiger partial charge in [-0.15, -0.1) is 11.3 Å². The molecular weight excluding hydrogens is 306 g/mol. The Morgan fingerprint density at radius 2 is 1.95 bits per heavy atom. The lowest BCUT2D eigenvalue weighted by Gasteiger charge is -2.08. The summed E-state index contributed by atoms with van der Waals surface area (Å²) in [7, 11) is -3.62. The Bertz CT molecular complexity index is 883. The number of thiophene rings is 1. The summed E-state index contributed by atoms with van der Waals surface area (Å²) in [6, 6.07) is 12.4. The zero-order valence-electron chi connectivity index (χ0n) is 11.0. The number of para-hydroxylation sites is 1. The van der Waals surface area contributed by atoms with Gasteiger partial charge in [-0.25, -0.2) is 8.42 Å². The predicted molar refractivity (Wildman–Crippen MR) is 84.8 cm³/mol. The number of hydrogen-bond acceptors (Lipinski definition) is 5. The molecule has 0 radical (unpaired) electrons. The fourth-order valence-electron chi connectivity index (χ4n) is 1.99. The van der Waals surface area contributed by atoms with Crippen molar-refractivity contribution in [3.05, 3.63) is 53.5 Å². The number of nitrogens with two attached hydrogens (primary N) is 1. The van der Waals surface area contributed by atoms with Crippen LogP contribution in [-0.2, 0) is 16.6 Å². The van der Waals surface area contributed by atoms with Gasteiger partial charge in [0.25, 0.3) is 10.0 Å². The van der Waals surface area contributed by atoms with Crippen molar-refractivity contribution >= 4 is 38.0 Å². The third-order valence-electron chi connectivity index (χ3n) is 2.98. The lowest BCUT2D eigenvalue weighted by atomic mass is 10.2. The van der Waals surface area contributed by atoms with Gasteiger partial charge in [-0.05, 0) is 24.3 Å². The molecular formula is C14H13N3O2S2. The molecule has 0 aliphatic rings. The molecule has 5 nitrogen and oxygen atoms in total. The van der Waals surface area contributed by atoms with Gasteiger partial charge in [0.2, 0.25) is 0 Å². The van der Waals surface area contributed by atoms with Crippen LogP contribution in [0.15, 0.2) is 52.9 Å². The second kappa shape index (κ2) is 5.44. The minimum absolute atomic E-state index is 0.246. The van der Waals surface area contributed by atoms with E-state index in [1.807, 2.05) is 18.2 Å². The Morgan fingerprint density at radius 3 is 2.71 bits per heavy atom. The first kappa shape index (κ1) is 14.0. The number of rotatable bonds is 4. The van der Waals surface area contributed by atoms with Crippen molar-refractivity contribution < 1.29 is 8.42 Å². The number of hydrogen-bond donors (Lipinski definition) is 2. The van der Waals surface area contributed by atoms with E-state index >= 15 is 0 Å². The van der Waals surface area contributed by atoms with Crippen molar-refractivity contribution in [2.75, 3.05) is 4.72 Å². The van der Waals surface area contributed by atoms with E-state index in [4.69, 9.17) is 5.73 Å². The maximum atomic E-state index is 12.4. The van der Waals surface area contributed by atoms with Crippen LogP contribution < -0.4 is 10.5 Å². The molecule has 0 saturated carbocycles. The first-order valence-electron chi connectivity index (χ1n) is 6.25. The highest BCUT2D eigenvalue weighted by Crippen LogP contribution is 2.27. The maximum Gasteiger partial charge on any atom is 0.271 e. The van der Waals surface area contributed by atoms with Gasteiger partial charge in [-0.1, -0.05) is 18.2 Å². The lowest BCUT2D eigenvalue weighted by molar-refractivity contribution is 0.603. The molecule has 0 aliphatic heterocycles. The van der Waals surface area contributed by atoms with Crippen LogP contribution in [0.2, 0.25) is 0 Å². The van der Waals surface area contributed by atoms with Gasteiger partial charge in [-0.2, -0.15) is 0 Å². The topological polar surface area (TPSA) is 85.1 Å². The van der Waals surface area contributed by atoms with Gasteiger partial charge in [0.15, 0.2) is 0 Å². The molecule has 0 aliphatic carbocycles. The number of aromatic nitrogens is 1. The molecule has 0 saturated heterocycles. The fraction of sp³-hybridized carbons (Fsp3) is 0.0714. The number of benzene rings is 1. The van der Waals surface area contributed by atoms with Crippen molar-refractivity contribution in [3.8, 4) is 0 Å². The van der Waals surface area contributed by atoms with Crippen LogP contribution >= 0.6 is 11.3 Å². The second-order valence-electron chi connectivity index (χ2n) is 4.41. The third-order valence-corrected chi connectivity index (χ3v) is 5.94. The SMILES string of the molecule is NCc1ccc(S(=O)(=O)Nc2cccc3cccnc23)s1. The Kier molecular flexibility index (Phi) is 3.62. The number of nitrogens with zero attached hydrogens (tertiary/aromatic N) is 1. The quantitative estimate of drug-likeness (QED) is 0.774. The summed E-state index contributed by atoms with van der Waals surface area (Å²) in [4.78, 5) is 5.06. The number of nitrogens with one attached hydrogen (secondary N) is 1. The third kappa shape index (κ3) is 2.76. The molecule has 0 unspecified atom stereocenters. The van der Waals surface area contributed by atoms with Gasteiger partial charge in [0, 0.05) is 23.0 Å². The fourth-order valence-corrected chi connectivity index (χ4v) is 4.29. The predicted octanol–water partition coefficient (Wildman–Crippen LogP) is 2.56. The zero-order chi connectivity index (χ0) is 14.9. The molecule has 2 aromatic heterocycles. The monoisotopic (exact) mass is 319 g/mol. The second-order valence-corrected chi connectivity index (χ2v) is 7.49. The van der Waals surface area contributed by atoms with Gasteiger partial charge in [0.1, 0.15) is 4.21 Å². The van der Waals surface area contributed by atoms with E-state index < -0.39 is 10.0 Å². The molecule has 0 atom stereocenters. The summed E-state index contributed by atoms with van der Waals surface area (Å²) in [5.74, 6) is 0. The Morgan fingerprint density at radius 1 is 1.14 bits per heavy atom. The van der Waals surface area contributed by atoms with Crippen molar-refractivity contribution in [1.29, 1.82) is 0 Å². The standard InChI is InChI=1S/C14H13N3O2S2/c15-9-11-6-7-13(20-11)21(18,19)17-12-5-1-3-10-4-2-8-16-14(10)12/h1-8,17H,9,15H2. The summed E-state index contributed by atoms with van der Waals surface area (Å²) in [6.07, 6.45) is 1.64. The van der Waals surface area contributed by atoms with E-state index in [9.17, 15) is 8.42 Å². The van der Waals surface area contributed by atoms with Crippen LogP contribution in [0.5, 0.6) is 0 Å². The van der Waals surface area contributed by atoms with Crippen molar-refractivity contribution in [1.82, 2.24) is 4.98 Å². The molecule has 3 rings (SSSR count). The zero-order valence-corrected chi connectivity index (χ0v) is 12.6. The van der Waals surface area contributed by atoms with Crippen LogP contribution in [0.25, 0.3) is 10.9 Å². The molecule has 0 fully saturated rings. The van der Waals surface area contributed by atoms with Crippen molar-refractivity contribution in [3.63, 3.8) is 0 Å². The van der Waals surface area contributed by atoms with Crippen LogP contribution in [0, 0.1) is 0 Å². The number of sulfonamides is 1. The minimum atomic E-state index is -3.62. The molecule has 0 spiro atoms. The van der Waals surface area contributed by atoms with Crippen LogP contribution in [0.4, 0.5) is 5.69 Å². The molecule has 1 aromatic carbocycles. The molecule has 7 heteroatoms. The molecule has 3 aromatic rings. The average Bonchev–Trinajstić information content (AvgIpc) is 2.97. The lowest BCUT2D eigenvalue weighted by Crippen LogP contribution is -2.12. The van der Waals surface area contributed by atoms with E-state index in [2.05, 4.69) is 9.71 Å². The van der Waals surface area contributed by atoms with Gasteiger partial charge in [0.05, 0.1) is 11.2 Å². The highest BCUT2D eigenvalue weighted by atomic mass is 32.2. The largest absolute Gasteiger partial charge is 0.326 e.